The predicted molar refractivity (Wildman–Crippen MR) is 125 cm³/mol. The molecule has 2 heterocycles. The summed E-state index contributed by atoms with van der Waals surface area (Å²) >= 11 is 0. The molecule has 0 amide bonds. The third kappa shape index (κ3) is 3.92. The highest BCUT2D eigenvalue weighted by atomic mass is 16.5. The van der Waals surface area contributed by atoms with E-state index in [2.05, 4.69) is 5.32 Å². The van der Waals surface area contributed by atoms with Crippen molar-refractivity contribution >= 4 is 22.7 Å². The van der Waals surface area contributed by atoms with Crippen LogP contribution < -0.4 is 10.7 Å². The molecule has 1 fully saturated rings. The number of ether oxygens (including phenoxy) is 1. The van der Waals surface area contributed by atoms with E-state index in [9.17, 15) is 14.4 Å². The zero-order valence-electron chi connectivity index (χ0n) is 19.2. The average Bonchev–Trinajstić information content (AvgIpc) is 2.80. The number of allylic oxidation sites excluding steroid dienone is 3. The molecule has 3 aliphatic rings. The van der Waals surface area contributed by atoms with Gasteiger partial charge in [0.25, 0.3) is 0 Å². The van der Waals surface area contributed by atoms with Crippen molar-refractivity contribution in [3.8, 4) is 0 Å². The minimum Gasteiger partial charge on any atom is -0.464 e. The Kier molecular flexibility index (Phi) is 5.69. The number of aryl methyl sites for hydroxylation is 1. The monoisotopic (exact) mass is 447 g/mol. The second kappa shape index (κ2) is 8.65. The van der Waals surface area contributed by atoms with E-state index in [1.807, 2.05) is 19.9 Å². The molecular formula is C27H29NO5. The van der Waals surface area contributed by atoms with Crippen molar-refractivity contribution in [2.45, 2.75) is 77.2 Å². The zero-order valence-corrected chi connectivity index (χ0v) is 19.2. The maximum absolute atomic E-state index is 13.6. The molecule has 1 aliphatic heterocycles. The van der Waals surface area contributed by atoms with Crippen molar-refractivity contribution in [2.75, 3.05) is 0 Å². The van der Waals surface area contributed by atoms with Crippen molar-refractivity contribution in [2.24, 2.45) is 0 Å². The van der Waals surface area contributed by atoms with Crippen molar-refractivity contribution in [3.63, 3.8) is 0 Å². The van der Waals surface area contributed by atoms with Gasteiger partial charge in [-0.25, -0.2) is 4.79 Å². The molecule has 0 radical (unpaired) electrons. The van der Waals surface area contributed by atoms with Crippen LogP contribution in [-0.4, -0.2) is 17.9 Å². The summed E-state index contributed by atoms with van der Waals surface area (Å²) in [4.78, 5) is 40.2. The second-order valence-electron chi connectivity index (χ2n) is 9.45. The highest BCUT2D eigenvalue weighted by Crippen LogP contribution is 2.42. The summed E-state index contributed by atoms with van der Waals surface area (Å²) in [6, 6.07) is 5.45. The largest absolute Gasteiger partial charge is 0.464 e. The summed E-state index contributed by atoms with van der Waals surface area (Å²) < 4.78 is 11.7. The van der Waals surface area contributed by atoms with Gasteiger partial charge in [-0.15, -0.1) is 0 Å². The summed E-state index contributed by atoms with van der Waals surface area (Å²) in [5.41, 5.74) is 3.80. The van der Waals surface area contributed by atoms with Gasteiger partial charge in [0.1, 0.15) is 11.7 Å². The van der Waals surface area contributed by atoms with E-state index in [-0.39, 0.29) is 17.3 Å². The molecule has 5 rings (SSSR count). The lowest BCUT2D eigenvalue weighted by Gasteiger charge is -2.34. The van der Waals surface area contributed by atoms with E-state index < -0.39 is 11.9 Å². The molecule has 33 heavy (non-hydrogen) atoms. The summed E-state index contributed by atoms with van der Waals surface area (Å²) in [7, 11) is 0. The van der Waals surface area contributed by atoms with Gasteiger partial charge in [-0.05, 0) is 64.5 Å². The Hall–Kier alpha value is -3.15. The number of dihydropyridines is 1. The number of Topliss-reactive ketones (excluding diaryl/α,β-unsaturated/α-hetero) is 1. The molecule has 0 spiro atoms. The Morgan fingerprint density at radius 1 is 1.06 bits per heavy atom. The van der Waals surface area contributed by atoms with E-state index in [0.717, 1.165) is 49.8 Å². The van der Waals surface area contributed by atoms with Crippen LogP contribution in [0.25, 0.3) is 11.0 Å². The van der Waals surface area contributed by atoms with Crippen molar-refractivity contribution in [1.82, 2.24) is 5.32 Å². The number of hydrogen-bond donors (Lipinski definition) is 1. The second-order valence-corrected chi connectivity index (χ2v) is 9.45. The number of benzene rings is 1. The third-order valence-corrected chi connectivity index (χ3v) is 7.09. The zero-order chi connectivity index (χ0) is 23.1. The van der Waals surface area contributed by atoms with Crippen molar-refractivity contribution in [3.05, 3.63) is 68.4 Å². The molecule has 2 aromatic rings. The van der Waals surface area contributed by atoms with E-state index in [1.54, 1.807) is 12.1 Å². The van der Waals surface area contributed by atoms with Gasteiger partial charge in [0, 0.05) is 29.0 Å². The van der Waals surface area contributed by atoms with Crippen LogP contribution in [0.2, 0.25) is 0 Å². The number of hydrogen-bond acceptors (Lipinski definition) is 6. The molecule has 0 bridgehead atoms. The molecule has 2 aliphatic carbocycles. The fourth-order valence-corrected chi connectivity index (χ4v) is 5.42. The average molecular weight is 448 g/mol. The Morgan fingerprint density at radius 3 is 2.64 bits per heavy atom. The van der Waals surface area contributed by atoms with Crippen LogP contribution in [0.15, 0.2) is 56.2 Å². The SMILES string of the molecule is CC1=C(C(=O)OC2CCCCC2)[C@@H](c2coc3ccc(C)cc3c2=O)C2=C(CCCC2=O)N1. The molecule has 1 N–H and O–H groups in total. The van der Waals surface area contributed by atoms with Crippen LogP contribution in [0.4, 0.5) is 0 Å². The van der Waals surface area contributed by atoms with Gasteiger partial charge in [0.2, 0.25) is 0 Å². The summed E-state index contributed by atoms with van der Waals surface area (Å²) in [6.07, 6.45) is 8.08. The maximum Gasteiger partial charge on any atom is 0.337 e. The predicted octanol–water partition coefficient (Wildman–Crippen LogP) is 4.95. The van der Waals surface area contributed by atoms with Crippen molar-refractivity contribution < 1.29 is 18.7 Å². The molecule has 6 nitrogen and oxygen atoms in total. The number of ketones is 1. The molecule has 0 unspecified atom stereocenters. The van der Waals surface area contributed by atoms with Crippen LogP contribution in [0.3, 0.4) is 0 Å². The molecule has 172 valence electrons. The third-order valence-electron chi connectivity index (χ3n) is 7.09. The van der Waals surface area contributed by atoms with Crippen LogP contribution in [0.5, 0.6) is 0 Å². The van der Waals surface area contributed by atoms with E-state index in [1.165, 1.54) is 6.26 Å². The first-order valence-corrected chi connectivity index (χ1v) is 11.9. The topological polar surface area (TPSA) is 85.6 Å². The quantitative estimate of drug-likeness (QED) is 0.671. The molecule has 1 atom stereocenters. The highest BCUT2D eigenvalue weighted by molar-refractivity contribution is 6.04. The highest BCUT2D eigenvalue weighted by Gasteiger charge is 2.41. The number of fused-ring (bicyclic) bond motifs is 1. The van der Waals surface area contributed by atoms with Crippen LogP contribution in [0, 0.1) is 6.92 Å². The lowest BCUT2D eigenvalue weighted by molar-refractivity contribution is -0.146. The van der Waals surface area contributed by atoms with E-state index in [4.69, 9.17) is 9.15 Å². The Morgan fingerprint density at radius 2 is 1.85 bits per heavy atom. The number of carbonyl (C=O) groups is 2. The fourth-order valence-electron chi connectivity index (χ4n) is 5.42. The molecule has 1 aromatic heterocycles. The molecule has 6 heteroatoms. The molecule has 0 saturated heterocycles. The summed E-state index contributed by atoms with van der Waals surface area (Å²) in [5, 5.41) is 3.74. The van der Waals surface area contributed by atoms with Gasteiger partial charge < -0.3 is 14.5 Å². The standard InChI is InChI=1S/C27H29NO5/c1-15-11-12-22-18(13-15)26(30)19(14-32-22)24-23(27(31)33-17-7-4-3-5-8-17)16(2)28-20-9-6-10-21(29)25(20)24/h11-14,17,24,28H,3-10H2,1-2H3/t24-/m1/s1. The first kappa shape index (κ1) is 21.7. The van der Waals surface area contributed by atoms with Gasteiger partial charge in [0.15, 0.2) is 11.2 Å². The summed E-state index contributed by atoms with van der Waals surface area (Å²) in [5.74, 6) is -1.27. The van der Waals surface area contributed by atoms with E-state index >= 15 is 0 Å². The van der Waals surface area contributed by atoms with Gasteiger partial charge in [0.05, 0.1) is 23.1 Å². The first-order valence-electron chi connectivity index (χ1n) is 11.9. The van der Waals surface area contributed by atoms with Crippen LogP contribution >= 0.6 is 0 Å². The summed E-state index contributed by atoms with van der Waals surface area (Å²) in [6.45, 7) is 3.73. The van der Waals surface area contributed by atoms with E-state index in [0.29, 0.717) is 46.2 Å². The van der Waals surface area contributed by atoms with Gasteiger partial charge in [-0.2, -0.15) is 0 Å². The maximum atomic E-state index is 13.6. The normalized spacial score (nSPS) is 21.8. The van der Waals surface area contributed by atoms with Gasteiger partial charge in [-0.3, -0.25) is 9.59 Å². The number of nitrogens with one attached hydrogen (secondary N) is 1. The van der Waals surface area contributed by atoms with Gasteiger partial charge in [-0.1, -0.05) is 18.1 Å². The number of rotatable bonds is 3. The number of carbonyl (C=O) groups excluding carboxylic acids is 2. The number of esters is 1. The Bertz CT molecular complexity index is 1260. The Balaban J connectivity index is 1.65. The lowest BCUT2D eigenvalue weighted by Crippen LogP contribution is -2.37. The lowest BCUT2D eigenvalue weighted by atomic mass is 9.75. The molecule has 1 saturated carbocycles. The fraction of sp³-hybridized carbons (Fsp3) is 0.444. The minimum atomic E-state index is -0.786. The molecular weight excluding hydrogens is 418 g/mol. The smallest absolute Gasteiger partial charge is 0.337 e. The Labute approximate surface area is 192 Å². The van der Waals surface area contributed by atoms with Crippen molar-refractivity contribution in [1.29, 1.82) is 0 Å². The van der Waals surface area contributed by atoms with Gasteiger partial charge >= 0.3 is 5.97 Å². The van der Waals surface area contributed by atoms with Crippen LogP contribution in [0.1, 0.15) is 75.3 Å². The molecule has 1 aromatic carbocycles. The minimum absolute atomic E-state index is 0.0343. The van der Waals surface area contributed by atoms with Crippen LogP contribution in [-0.2, 0) is 14.3 Å². The first-order chi connectivity index (χ1) is 15.9.